The van der Waals surface area contributed by atoms with E-state index in [9.17, 15) is 26.4 Å². The number of nitrogens with zero attached hydrogens (tertiary/aromatic N) is 1. The van der Waals surface area contributed by atoms with Gasteiger partial charge < -0.3 is 10.1 Å². The number of benzene rings is 1. The Bertz CT molecular complexity index is 787. The lowest BCUT2D eigenvalue weighted by Gasteiger charge is -2.40. The number of hydrogen-bond donors (Lipinski definition) is 1. The summed E-state index contributed by atoms with van der Waals surface area (Å²) in [5.74, 6) is -0.129. The number of halogens is 3. The summed E-state index contributed by atoms with van der Waals surface area (Å²) in [4.78, 5) is 10.7. The van der Waals surface area contributed by atoms with E-state index < -0.39 is 32.3 Å². The Balaban J connectivity index is 1.80. The molecule has 0 unspecified atom stereocenters. The van der Waals surface area contributed by atoms with Crippen molar-refractivity contribution >= 4 is 15.9 Å². The fraction of sp³-hybridized carbons (Fsp3) is 0.562. The van der Waals surface area contributed by atoms with Crippen LogP contribution in [0.4, 0.5) is 13.2 Å². The quantitative estimate of drug-likeness (QED) is 0.832. The van der Waals surface area contributed by atoms with Gasteiger partial charge in [-0.2, -0.15) is 17.5 Å². The SMILES string of the molecule is O=C1CCOC2(CCN(S(=O)(=O)c3ccccc3C(F)(F)F)CC2)CN1. The number of hydrogen-bond acceptors (Lipinski definition) is 4. The summed E-state index contributed by atoms with van der Waals surface area (Å²) >= 11 is 0. The number of piperidine rings is 1. The average Bonchev–Trinajstić information content (AvgIpc) is 2.77. The van der Waals surface area contributed by atoms with E-state index in [-0.39, 0.29) is 38.6 Å². The van der Waals surface area contributed by atoms with Crippen molar-refractivity contribution in [1.82, 2.24) is 9.62 Å². The minimum absolute atomic E-state index is 0.0321. The van der Waals surface area contributed by atoms with Gasteiger partial charge in [-0.25, -0.2) is 8.42 Å². The molecule has 1 aromatic rings. The minimum atomic E-state index is -4.75. The molecule has 1 N–H and O–H groups in total. The highest BCUT2D eigenvalue weighted by Crippen LogP contribution is 2.37. The molecule has 2 aliphatic rings. The lowest BCUT2D eigenvalue weighted by atomic mass is 9.92. The number of nitrogens with one attached hydrogen (secondary N) is 1. The third-order valence-corrected chi connectivity index (χ3v) is 6.75. The van der Waals surface area contributed by atoms with Crippen molar-refractivity contribution in [1.29, 1.82) is 0 Å². The van der Waals surface area contributed by atoms with E-state index in [0.717, 1.165) is 22.5 Å². The lowest BCUT2D eigenvalue weighted by Crippen LogP contribution is -2.52. The summed E-state index contributed by atoms with van der Waals surface area (Å²) in [5.41, 5.74) is -1.83. The molecule has 0 bridgehead atoms. The summed E-state index contributed by atoms with van der Waals surface area (Å²) in [6.07, 6.45) is -3.90. The fourth-order valence-electron chi connectivity index (χ4n) is 3.28. The van der Waals surface area contributed by atoms with Crippen molar-refractivity contribution in [2.75, 3.05) is 26.2 Å². The maximum absolute atomic E-state index is 13.2. The molecule has 1 spiro atoms. The van der Waals surface area contributed by atoms with E-state index in [0.29, 0.717) is 12.8 Å². The van der Waals surface area contributed by atoms with Crippen LogP contribution in [-0.4, -0.2) is 50.5 Å². The van der Waals surface area contributed by atoms with Gasteiger partial charge in [-0.1, -0.05) is 12.1 Å². The number of ether oxygens (including phenoxy) is 1. The van der Waals surface area contributed by atoms with E-state index in [1.807, 2.05) is 0 Å². The molecular formula is C16H19F3N2O4S. The summed E-state index contributed by atoms with van der Waals surface area (Å²) in [6, 6.07) is 4.18. The highest BCUT2D eigenvalue weighted by atomic mass is 32.2. The Morgan fingerprint density at radius 3 is 2.46 bits per heavy atom. The number of rotatable bonds is 2. The van der Waals surface area contributed by atoms with Crippen LogP contribution in [0, 0.1) is 0 Å². The molecule has 6 nitrogen and oxygen atoms in total. The van der Waals surface area contributed by atoms with Crippen LogP contribution in [0.25, 0.3) is 0 Å². The normalized spacial score (nSPS) is 22.0. The van der Waals surface area contributed by atoms with Crippen LogP contribution >= 0.6 is 0 Å². The van der Waals surface area contributed by atoms with E-state index in [1.165, 1.54) is 6.07 Å². The van der Waals surface area contributed by atoms with Gasteiger partial charge in [-0.15, -0.1) is 0 Å². The maximum Gasteiger partial charge on any atom is 0.417 e. The number of carbonyl (C=O) groups is 1. The van der Waals surface area contributed by atoms with Gasteiger partial charge in [0.05, 0.1) is 22.7 Å². The molecule has 0 saturated carbocycles. The molecule has 2 aliphatic heterocycles. The molecule has 2 fully saturated rings. The zero-order valence-electron chi connectivity index (χ0n) is 13.9. The van der Waals surface area contributed by atoms with Gasteiger partial charge in [-0.3, -0.25) is 4.79 Å². The Kier molecular flexibility index (Phi) is 5.02. The lowest BCUT2D eigenvalue weighted by molar-refractivity contribution is -0.140. The first-order valence-corrected chi connectivity index (χ1v) is 9.65. The number of carbonyl (C=O) groups excluding carboxylic acids is 1. The largest absolute Gasteiger partial charge is 0.417 e. The Morgan fingerprint density at radius 1 is 1.15 bits per heavy atom. The van der Waals surface area contributed by atoms with Gasteiger partial charge in [-0.05, 0) is 25.0 Å². The van der Waals surface area contributed by atoms with Crippen molar-refractivity contribution in [3.05, 3.63) is 29.8 Å². The van der Waals surface area contributed by atoms with Crippen LogP contribution in [0.3, 0.4) is 0 Å². The minimum Gasteiger partial charge on any atom is -0.373 e. The number of alkyl halides is 3. The van der Waals surface area contributed by atoms with E-state index in [2.05, 4.69) is 5.32 Å². The zero-order valence-corrected chi connectivity index (χ0v) is 14.7. The molecule has 144 valence electrons. The fourth-order valence-corrected chi connectivity index (χ4v) is 4.93. The van der Waals surface area contributed by atoms with Crippen LogP contribution in [0.15, 0.2) is 29.2 Å². The van der Waals surface area contributed by atoms with Gasteiger partial charge in [0.25, 0.3) is 0 Å². The summed E-state index contributed by atoms with van der Waals surface area (Å²) in [5, 5.41) is 2.74. The van der Waals surface area contributed by atoms with Crippen LogP contribution < -0.4 is 5.32 Å². The molecular weight excluding hydrogens is 373 g/mol. The van der Waals surface area contributed by atoms with Crippen LogP contribution in [-0.2, 0) is 25.7 Å². The Morgan fingerprint density at radius 2 is 1.81 bits per heavy atom. The van der Waals surface area contributed by atoms with Gasteiger partial charge in [0.1, 0.15) is 0 Å². The highest BCUT2D eigenvalue weighted by Gasteiger charge is 2.43. The van der Waals surface area contributed by atoms with Gasteiger partial charge in [0.2, 0.25) is 15.9 Å². The first-order valence-electron chi connectivity index (χ1n) is 8.21. The monoisotopic (exact) mass is 392 g/mol. The molecule has 1 aromatic carbocycles. The predicted molar refractivity (Wildman–Crippen MR) is 85.7 cm³/mol. The zero-order chi connectivity index (χ0) is 19.0. The molecule has 26 heavy (non-hydrogen) atoms. The standard InChI is InChI=1S/C16H19F3N2O4S/c17-16(18,19)12-3-1-2-4-13(12)26(23,24)21-8-6-15(7-9-21)11-20-14(22)5-10-25-15/h1-4H,5-11H2,(H,20,22). The third-order valence-electron chi connectivity index (χ3n) is 4.79. The van der Waals surface area contributed by atoms with Crippen molar-refractivity contribution in [2.45, 2.75) is 35.9 Å². The van der Waals surface area contributed by atoms with Crippen LogP contribution in [0.5, 0.6) is 0 Å². The van der Waals surface area contributed by atoms with Gasteiger partial charge in [0, 0.05) is 26.1 Å². The molecule has 0 aliphatic carbocycles. The number of sulfonamides is 1. The molecule has 0 aromatic heterocycles. The molecule has 3 rings (SSSR count). The second-order valence-electron chi connectivity index (χ2n) is 6.46. The molecule has 0 radical (unpaired) electrons. The second kappa shape index (κ2) is 6.82. The van der Waals surface area contributed by atoms with Crippen LogP contribution in [0.1, 0.15) is 24.8 Å². The molecule has 10 heteroatoms. The maximum atomic E-state index is 13.2. The van der Waals surface area contributed by atoms with Crippen LogP contribution in [0.2, 0.25) is 0 Å². The van der Waals surface area contributed by atoms with E-state index in [1.54, 1.807) is 0 Å². The van der Waals surface area contributed by atoms with Crippen molar-refractivity contribution in [3.63, 3.8) is 0 Å². The summed E-state index contributed by atoms with van der Waals surface area (Å²) in [6.45, 7) is 0.586. The van der Waals surface area contributed by atoms with Crippen molar-refractivity contribution in [3.8, 4) is 0 Å². The number of amides is 1. The smallest absolute Gasteiger partial charge is 0.373 e. The third kappa shape index (κ3) is 3.72. The Labute approximate surface area is 149 Å². The van der Waals surface area contributed by atoms with E-state index in [4.69, 9.17) is 4.74 Å². The first kappa shape index (κ1) is 19.1. The Hall–Kier alpha value is -1.65. The van der Waals surface area contributed by atoms with E-state index >= 15 is 0 Å². The molecule has 2 saturated heterocycles. The average molecular weight is 392 g/mol. The summed E-state index contributed by atoms with van der Waals surface area (Å²) in [7, 11) is -4.28. The first-order chi connectivity index (χ1) is 12.1. The predicted octanol–water partition coefficient (Wildman–Crippen LogP) is 1.77. The molecule has 2 heterocycles. The molecule has 0 atom stereocenters. The summed E-state index contributed by atoms with van der Waals surface area (Å²) < 4.78 is 71.8. The van der Waals surface area contributed by atoms with Gasteiger partial charge in [0.15, 0.2) is 0 Å². The second-order valence-corrected chi connectivity index (χ2v) is 8.36. The van der Waals surface area contributed by atoms with Gasteiger partial charge >= 0.3 is 6.18 Å². The molecule has 1 amide bonds. The van der Waals surface area contributed by atoms with Crippen molar-refractivity contribution < 1.29 is 31.1 Å². The topological polar surface area (TPSA) is 75.7 Å². The highest BCUT2D eigenvalue weighted by molar-refractivity contribution is 7.89. The van der Waals surface area contributed by atoms with Crippen molar-refractivity contribution in [2.24, 2.45) is 0 Å².